The summed E-state index contributed by atoms with van der Waals surface area (Å²) in [5.41, 5.74) is 0. The average molecular weight is 141 g/mol. The topological polar surface area (TPSA) is 66.4 Å². The predicted molar refractivity (Wildman–Crippen MR) is 28.6 cm³/mol. The molecular weight excluding hydrogens is 136 g/mol. The molecule has 1 atom stereocenters. The number of carbonyl (C=O) groups is 2. The number of cyclic esters (lactones) is 1. The van der Waals surface area contributed by atoms with Crippen LogP contribution in [-0.2, 0) is 14.3 Å². The smallest absolute Gasteiger partial charge is 0.331 e. The summed E-state index contributed by atoms with van der Waals surface area (Å²) in [5.74, 6) is -1.71. The van der Waals surface area contributed by atoms with Crippen LogP contribution in [0.1, 0.15) is 6.42 Å². The van der Waals surface area contributed by atoms with Gasteiger partial charge < -0.3 is 14.6 Å². The zero-order valence-corrected chi connectivity index (χ0v) is 5.07. The summed E-state index contributed by atoms with van der Waals surface area (Å²) in [7, 11) is 0. The highest BCUT2D eigenvalue weighted by atomic mass is 16.5. The summed E-state index contributed by atoms with van der Waals surface area (Å²) in [6.45, 7) is 0. The van der Waals surface area contributed by atoms with Crippen LogP contribution in [0, 0.1) is 0 Å². The van der Waals surface area contributed by atoms with E-state index in [2.05, 4.69) is 4.74 Å². The number of ether oxygens (including phenoxy) is 1. The molecule has 0 aromatic rings. The molecule has 4 nitrogen and oxygen atoms in total. The fraction of sp³-hybridized carbons (Fsp3) is 0.333. The van der Waals surface area contributed by atoms with Crippen LogP contribution < -0.4 is 5.11 Å². The largest absolute Gasteiger partial charge is 0.550 e. The van der Waals surface area contributed by atoms with Crippen LogP contribution in [0.4, 0.5) is 0 Å². The van der Waals surface area contributed by atoms with Crippen LogP contribution >= 0.6 is 0 Å². The number of rotatable bonds is 2. The Morgan fingerprint density at radius 1 is 1.80 bits per heavy atom. The van der Waals surface area contributed by atoms with Crippen molar-refractivity contribution in [3.63, 3.8) is 0 Å². The van der Waals surface area contributed by atoms with E-state index in [1.165, 1.54) is 12.2 Å². The van der Waals surface area contributed by atoms with E-state index >= 15 is 0 Å². The third kappa shape index (κ3) is 1.58. The summed E-state index contributed by atoms with van der Waals surface area (Å²) < 4.78 is 4.50. The lowest BCUT2D eigenvalue weighted by molar-refractivity contribution is -0.306. The number of carboxylic acids is 1. The lowest BCUT2D eigenvalue weighted by Gasteiger charge is -2.07. The second-order valence-corrected chi connectivity index (χ2v) is 1.91. The molecule has 0 aromatic heterocycles. The van der Waals surface area contributed by atoms with Crippen molar-refractivity contribution < 1.29 is 19.4 Å². The Bertz CT molecular complexity index is 194. The van der Waals surface area contributed by atoms with Crippen LogP contribution in [0.3, 0.4) is 0 Å². The number of carbonyl (C=O) groups excluding carboxylic acids is 2. The maximum Gasteiger partial charge on any atom is 0.331 e. The van der Waals surface area contributed by atoms with E-state index in [4.69, 9.17) is 0 Å². The summed E-state index contributed by atoms with van der Waals surface area (Å²) >= 11 is 0. The molecule has 0 amide bonds. The van der Waals surface area contributed by atoms with Crippen LogP contribution in [-0.4, -0.2) is 18.0 Å². The van der Waals surface area contributed by atoms with Gasteiger partial charge in [0.05, 0.1) is 0 Å². The maximum atomic E-state index is 10.3. The molecule has 54 valence electrons. The molecule has 1 unspecified atom stereocenters. The molecule has 0 radical (unpaired) electrons. The van der Waals surface area contributed by atoms with Gasteiger partial charge in [-0.25, -0.2) is 4.79 Å². The Hall–Kier alpha value is -1.32. The van der Waals surface area contributed by atoms with Crippen LogP contribution in [0.2, 0.25) is 0 Å². The first-order chi connectivity index (χ1) is 4.68. The van der Waals surface area contributed by atoms with E-state index in [1.807, 2.05) is 0 Å². The van der Waals surface area contributed by atoms with E-state index < -0.39 is 18.0 Å². The molecule has 1 heterocycles. The molecule has 4 heteroatoms. The molecule has 10 heavy (non-hydrogen) atoms. The van der Waals surface area contributed by atoms with Gasteiger partial charge >= 0.3 is 5.97 Å². The maximum absolute atomic E-state index is 10.3. The summed E-state index contributed by atoms with van der Waals surface area (Å²) in [5, 5.41) is 9.93. The van der Waals surface area contributed by atoms with E-state index in [0.717, 1.165) is 0 Å². The van der Waals surface area contributed by atoms with Gasteiger partial charge in [0.2, 0.25) is 0 Å². The number of carboxylic acid groups (broad SMARTS) is 1. The first kappa shape index (κ1) is 6.80. The quantitative estimate of drug-likeness (QED) is 0.444. The van der Waals surface area contributed by atoms with Gasteiger partial charge in [0.1, 0.15) is 6.10 Å². The number of hydrogen-bond donors (Lipinski definition) is 0. The molecule has 0 spiro atoms. The molecular formula is C6H5O4-. The zero-order chi connectivity index (χ0) is 7.56. The van der Waals surface area contributed by atoms with E-state index in [1.54, 1.807) is 0 Å². The van der Waals surface area contributed by atoms with Gasteiger partial charge in [-0.1, -0.05) is 0 Å². The van der Waals surface area contributed by atoms with E-state index in [-0.39, 0.29) is 6.42 Å². The Labute approximate surface area is 57.1 Å². The van der Waals surface area contributed by atoms with Gasteiger partial charge in [-0.05, 0) is 6.08 Å². The van der Waals surface area contributed by atoms with E-state index in [9.17, 15) is 14.7 Å². The molecule has 0 fully saturated rings. The van der Waals surface area contributed by atoms with Gasteiger partial charge in [0.25, 0.3) is 0 Å². The van der Waals surface area contributed by atoms with Crippen molar-refractivity contribution in [2.75, 3.05) is 0 Å². The van der Waals surface area contributed by atoms with Crippen molar-refractivity contribution >= 4 is 11.9 Å². The zero-order valence-electron chi connectivity index (χ0n) is 5.07. The minimum atomic E-state index is -1.22. The lowest BCUT2D eigenvalue weighted by Crippen LogP contribution is -2.27. The van der Waals surface area contributed by atoms with Crippen molar-refractivity contribution in [3.8, 4) is 0 Å². The standard InChI is InChI=1S/C6H6O4/c7-5(8)3-4-1-2-6(9)10-4/h1-2,4H,3H2,(H,7,8)/p-1. The SMILES string of the molecule is O=C([O-])CC1C=CC(=O)O1. The lowest BCUT2D eigenvalue weighted by atomic mass is 10.2. The molecule has 0 aliphatic carbocycles. The second kappa shape index (κ2) is 2.51. The summed E-state index contributed by atoms with van der Waals surface area (Å²) in [6, 6.07) is 0. The molecule has 0 saturated carbocycles. The first-order valence-electron chi connectivity index (χ1n) is 2.77. The fourth-order valence-corrected chi connectivity index (χ4v) is 0.688. The van der Waals surface area contributed by atoms with Gasteiger partial charge in [-0.15, -0.1) is 0 Å². The Morgan fingerprint density at radius 2 is 2.50 bits per heavy atom. The molecule has 0 saturated heterocycles. The second-order valence-electron chi connectivity index (χ2n) is 1.91. The number of esters is 1. The minimum Gasteiger partial charge on any atom is -0.550 e. The molecule has 1 aliphatic rings. The minimum absolute atomic E-state index is 0.262. The summed E-state index contributed by atoms with van der Waals surface area (Å²) in [6.07, 6.45) is 1.71. The van der Waals surface area contributed by atoms with Crippen molar-refractivity contribution in [2.45, 2.75) is 12.5 Å². The van der Waals surface area contributed by atoms with E-state index in [0.29, 0.717) is 0 Å². The molecule has 1 rings (SSSR count). The molecule has 1 aliphatic heterocycles. The van der Waals surface area contributed by atoms with Crippen LogP contribution in [0.15, 0.2) is 12.2 Å². The van der Waals surface area contributed by atoms with Gasteiger partial charge in [-0.3, -0.25) is 0 Å². The predicted octanol–water partition coefficient (Wildman–Crippen LogP) is -1.39. The third-order valence-electron chi connectivity index (χ3n) is 1.08. The van der Waals surface area contributed by atoms with Crippen LogP contribution in [0.25, 0.3) is 0 Å². The van der Waals surface area contributed by atoms with Crippen molar-refractivity contribution in [1.82, 2.24) is 0 Å². The molecule has 0 bridgehead atoms. The third-order valence-corrected chi connectivity index (χ3v) is 1.08. The van der Waals surface area contributed by atoms with Crippen molar-refractivity contribution in [3.05, 3.63) is 12.2 Å². The molecule has 0 aromatic carbocycles. The number of hydrogen-bond acceptors (Lipinski definition) is 4. The Balaban J connectivity index is 2.40. The number of aliphatic carboxylic acids is 1. The monoisotopic (exact) mass is 141 g/mol. The first-order valence-corrected chi connectivity index (χ1v) is 2.77. The highest BCUT2D eigenvalue weighted by molar-refractivity contribution is 5.85. The van der Waals surface area contributed by atoms with Crippen LogP contribution in [0.5, 0.6) is 0 Å². The molecule has 0 N–H and O–H groups in total. The van der Waals surface area contributed by atoms with Gasteiger partial charge in [0, 0.05) is 18.5 Å². The normalized spacial score (nSPS) is 22.8. The fourth-order valence-electron chi connectivity index (χ4n) is 0.688. The summed E-state index contributed by atoms with van der Waals surface area (Å²) in [4.78, 5) is 20.2. The van der Waals surface area contributed by atoms with Gasteiger partial charge in [-0.2, -0.15) is 0 Å². The average Bonchev–Trinajstić information content (AvgIpc) is 2.13. The highest BCUT2D eigenvalue weighted by Gasteiger charge is 2.15. The Kier molecular flexibility index (Phi) is 1.71. The van der Waals surface area contributed by atoms with Crippen molar-refractivity contribution in [1.29, 1.82) is 0 Å². The van der Waals surface area contributed by atoms with Crippen molar-refractivity contribution in [2.24, 2.45) is 0 Å². The highest BCUT2D eigenvalue weighted by Crippen LogP contribution is 2.07. The van der Waals surface area contributed by atoms with Gasteiger partial charge in [0.15, 0.2) is 0 Å². The Morgan fingerprint density at radius 3 is 2.90 bits per heavy atom.